The Morgan fingerprint density at radius 1 is 1.10 bits per heavy atom. The average molecular weight is 283 g/mol. The van der Waals surface area contributed by atoms with E-state index in [1.54, 1.807) is 12.1 Å². The minimum Gasteiger partial charge on any atom is -0.494 e. The van der Waals surface area contributed by atoms with Crippen LogP contribution in [0.3, 0.4) is 0 Å². The smallest absolute Gasteiger partial charge is 0.149 e. The molecule has 0 atom stereocenters. The lowest BCUT2D eigenvalue weighted by Crippen LogP contribution is -1.97. The Hall–Kier alpha value is -2.69. The summed E-state index contributed by atoms with van der Waals surface area (Å²) in [5.41, 5.74) is 1.16. The molecule has 0 radical (unpaired) electrons. The molecule has 106 valence electrons. The van der Waals surface area contributed by atoms with Crippen LogP contribution >= 0.6 is 0 Å². The van der Waals surface area contributed by atoms with Gasteiger partial charge in [-0.05, 0) is 43.3 Å². The van der Waals surface area contributed by atoms with Crippen LogP contribution < -0.4 is 10.1 Å². The molecule has 0 aliphatic rings. The second-order valence-electron chi connectivity index (χ2n) is 4.44. The molecule has 0 bridgehead atoms. The lowest BCUT2D eigenvalue weighted by Gasteiger charge is -2.09. The maximum absolute atomic E-state index is 13.7. The Morgan fingerprint density at radius 3 is 2.67 bits per heavy atom. The molecule has 21 heavy (non-hydrogen) atoms. The summed E-state index contributed by atoms with van der Waals surface area (Å²) in [7, 11) is 0. The minimum absolute atomic E-state index is 0.306. The number of para-hydroxylation sites is 1. The monoisotopic (exact) mass is 283 g/mol. The van der Waals surface area contributed by atoms with Crippen molar-refractivity contribution in [1.82, 2.24) is 9.97 Å². The van der Waals surface area contributed by atoms with E-state index in [-0.39, 0.29) is 5.82 Å². The topological polar surface area (TPSA) is 47.0 Å². The van der Waals surface area contributed by atoms with Crippen LogP contribution in [0.4, 0.5) is 15.9 Å². The number of halogens is 1. The van der Waals surface area contributed by atoms with Crippen molar-refractivity contribution in [2.45, 2.75) is 6.92 Å². The van der Waals surface area contributed by atoms with Gasteiger partial charge in [0.05, 0.1) is 6.61 Å². The first kappa shape index (κ1) is 13.3. The van der Waals surface area contributed by atoms with Gasteiger partial charge in [-0.25, -0.2) is 14.4 Å². The van der Waals surface area contributed by atoms with Crippen LogP contribution in [0.15, 0.2) is 48.8 Å². The van der Waals surface area contributed by atoms with Crippen LogP contribution in [0, 0.1) is 5.82 Å². The molecule has 0 saturated heterocycles. The number of aromatic nitrogens is 2. The summed E-state index contributed by atoms with van der Waals surface area (Å²) in [6.07, 6.45) is 1.35. The molecule has 0 amide bonds. The number of anilines is 2. The van der Waals surface area contributed by atoms with Gasteiger partial charge in [-0.2, -0.15) is 0 Å². The zero-order chi connectivity index (χ0) is 14.7. The van der Waals surface area contributed by atoms with Crippen molar-refractivity contribution in [3.63, 3.8) is 0 Å². The normalized spacial score (nSPS) is 10.6. The summed E-state index contributed by atoms with van der Waals surface area (Å²) >= 11 is 0. The number of hydrogen-bond acceptors (Lipinski definition) is 4. The van der Waals surface area contributed by atoms with E-state index < -0.39 is 0 Å². The number of ether oxygens (including phenoxy) is 1. The summed E-state index contributed by atoms with van der Waals surface area (Å²) in [6.45, 7) is 2.57. The predicted molar refractivity (Wildman–Crippen MR) is 80.4 cm³/mol. The zero-order valence-corrected chi connectivity index (χ0v) is 11.5. The third-order valence-corrected chi connectivity index (χ3v) is 3.04. The summed E-state index contributed by atoms with van der Waals surface area (Å²) in [5, 5.41) is 3.81. The molecule has 4 nitrogen and oxygen atoms in total. The van der Waals surface area contributed by atoms with E-state index in [0.717, 1.165) is 11.4 Å². The Labute approximate surface area is 121 Å². The first-order valence-electron chi connectivity index (χ1n) is 6.67. The van der Waals surface area contributed by atoms with Crippen LogP contribution in [-0.2, 0) is 0 Å². The molecule has 2 aromatic carbocycles. The Morgan fingerprint density at radius 2 is 1.90 bits per heavy atom. The molecular formula is C16H14FN3O. The first-order chi connectivity index (χ1) is 10.3. The van der Waals surface area contributed by atoms with E-state index in [9.17, 15) is 4.39 Å². The lowest BCUT2D eigenvalue weighted by atomic mass is 10.2. The highest BCUT2D eigenvalue weighted by Crippen LogP contribution is 2.25. The maximum atomic E-state index is 13.7. The quantitative estimate of drug-likeness (QED) is 0.788. The summed E-state index contributed by atoms with van der Waals surface area (Å²) < 4.78 is 19.1. The second-order valence-corrected chi connectivity index (χ2v) is 4.44. The van der Waals surface area contributed by atoms with Crippen molar-refractivity contribution in [2.75, 3.05) is 11.9 Å². The fourth-order valence-corrected chi connectivity index (χ4v) is 2.09. The Balaban J connectivity index is 1.93. The number of fused-ring (bicyclic) bond motifs is 1. The molecule has 5 heteroatoms. The van der Waals surface area contributed by atoms with Crippen molar-refractivity contribution in [2.24, 2.45) is 0 Å². The fraction of sp³-hybridized carbons (Fsp3) is 0.125. The number of hydrogen-bond donors (Lipinski definition) is 1. The highest BCUT2D eigenvalue weighted by atomic mass is 19.1. The molecule has 3 rings (SSSR count). The molecule has 1 N–H and O–H groups in total. The molecule has 3 aromatic rings. The molecule has 0 unspecified atom stereocenters. The molecule has 0 fully saturated rings. The lowest BCUT2D eigenvalue weighted by molar-refractivity contribution is 0.340. The van der Waals surface area contributed by atoms with Gasteiger partial charge in [0.25, 0.3) is 0 Å². The van der Waals surface area contributed by atoms with Gasteiger partial charge in [-0.1, -0.05) is 6.07 Å². The van der Waals surface area contributed by atoms with Crippen molar-refractivity contribution < 1.29 is 9.13 Å². The Kier molecular flexibility index (Phi) is 3.64. The van der Waals surface area contributed by atoms with Crippen molar-refractivity contribution in [3.8, 4) is 5.75 Å². The highest BCUT2D eigenvalue weighted by Gasteiger charge is 2.07. The molecular weight excluding hydrogens is 269 g/mol. The number of benzene rings is 2. The molecule has 0 aliphatic heterocycles. The molecule has 0 saturated carbocycles. The minimum atomic E-state index is -0.357. The number of nitrogens with zero attached hydrogens (tertiary/aromatic N) is 2. The van der Waals surface area contributed by atoms with Crippen LogP contribution in [0.5, 0.6) is 5.75 Å². The first-order valence-corrected chi connectivity index (χ1v) is 6.67. The van der Waals surface area contributed by atoms with Crippen molar-refractivity contribution in [1.29, 1.82) is 0 Å². The van der Waals surface area contributed by atoms with Gasteiger partial charge in [0.15, 0.2) is 0 Å². The standard InChI is InChI=1S/C16H14FN3O/c1-2-21-12-8-6-11(7-9-12)20-16-13-4-3-5-14(17)15(13)18-10-19-16/h3-10H,2H2,1H3,(H,18,19,20). The molecule has 1 aromatic heterocycles. The van der Waals surface area contributed by atoms with Crippen LogP contribution in [0.1, 0.15) is 6.92 Å². The van der Waals surface area contributed by atoms with Gasteiger partial charge in [0.1, 0.15) is 29.2 Å². The van der Waals surface area contributed by atoms with E-state index in [1.165, 1.54) is 12.4 Å². The largest absolute Gasteiger partial charge is 0.494 e. The summed E-state index contributed by atoms with van der Waals surface area (Å²) in [6, 6.07) is 12.3. The van der Waals surface area contributed by atoms with Crippen molar-refractivity contribution in [3.05, 3.63) is 54.6 Å². The van der Waals surface area contributed by atoms with E-state index in [4.69, 9.17) is 4.74 Å². The van der Waals surface area contributed by atoms with Crippen LogP contribution in [0.2, 0.25) is 0 Å². The van der Waals surface area contributed by atoms with E-state index in [0.29, 0.717) is 23.3 Å². The molecule has 1 heterocycles. The van der Waals surface area contributed by atoms with Gasteiger partial charge in [-0.3, -0.25) is 0 Å². The van der Waals surface area contributed by atoms with Gasteiger partial charge >= 0.3 is 0 Å². The van der Waals surface area contributed by atoms with Gasteiger partial charge < -0.3 is 10.1 Å². The van der Waals surface area contributed by atoms with Gasteiger partial charge in [0, 0.05) is 11.1 Å². The van der Waals surface area contributed by atoms with Crippen LogP contribution in [0.25, 0.3) is 10.9 Å². The zero-order valence-electron chi connectivity index (χ0n) is 11.5. The van der Waals surface area contributed by atoms with E-state index in [1.807, 2.05) is 31.2 Å². The summed E-state index contributed by atoms with van der Waals surface area (Å²) in [4.78, 5) is 8.16. The third-order valence-electron chi connectivity index (χ3n) is 3.04. The highest BCUT2D eigenvalue weighted by molar-refractivity contribution is 5.90. The second kappa shape index (κ2) is 5.75. The van der Waals surface area contributed by atoms with Crippen molar-refractivity contribution >= 4 is 22.4 Å². The fourth-order valence-electron chi connectivity index (χ4n) is 2.09. The number of nitrogens with one attached hydrogen (secondary N) is 1. The van der Waals surface area contributed by atoms with Gasteiger partial charge in [0.2, 0.25) is 0 Å². The predicted octanol–water partition coefficient (Wildman–Crippen LogP) is 3.91. The third kappa shape index (κ3) is 2.76. The van der Waals surface area contributed by atoms with E-state index >= 15 is 0 Å². The number of rotatable bonds is 4. The SMILES string of the molecule is CCOc1ccc(Nc2ncnc3c(F)cccc23)cc1. The maximum Gasteiger partial charge on any atom is 0.149 e. The molecule has 0 aliphatic carbocycles. The molecule has 0 spiro atoms. The summed E-state index contributed by atoms with van der Waals surface area (Å²) in [5.74, 6) is 1.02. The van der Waals surface area contributed by atoms with Crippen LogP contribution in [-0.4, -0.2) is 16.6 Å². The Bertz CT molecular complexity index is 759. The average Bonchev–Trinajstić information content (AvgIpc) is 2.51. The van der Waals surface area contributed by atoms with E-state index in [2.05, 4.69) is 15.3 Å². The van der Waals surface area contributed by atoms with Gasteiger partial charge in [-0.15, -0.1) is 0 Å².